The van der Waals surface area contributed by atoms with Crippen molar-refractivity contribution >= 4 is 5.97 Å². The van der Waals surface area contributed by atoms with Gasteiger partial charge in [0.05, 0.1) is 0 Å². The van der Waals surface area contributed by atoms with Gasteiger partial charge in [-0.05, 0) is 30.9 Å². The Balaban J connectivity index is 2.27. The molecule has 1 aromatic heterocycles. The van der Waals surface area contributed by atoms with Gasteiger partial charge >= 0.3 is 5.97 Å². The number of nitrogens with zero attached hydrogens (tertiary/aromatic N) is 1. The van der Waals surface area contributed by atoms with Gasteiger partial charge in [-0.1, -0.05) is 26.2 Å². The van der Waals surface area contributed by atoms with E-state index in [4.69, 9.17) is 5.11 Å². The Labute approximate surface area is 96.1 Å². The van der Waals surface area contributed by atoms with Crippen molar-refractivity contribution in [2.75, 3.05) is 0 Å². The molecule has 0 bridgehead atoms. The molecule has 88 valence electrons. The number of carboxylic acid groups (broad SMARTS) is 1. The zero-order valence-corrected chi connectivity index (χ0v) is 9.72. The first-order chi connectivity index (χ1) is 7.74. The molecule has 0 aliphatic heterocycles. The summed E-state index contributed by atoms with van der Waals surface area (Å²) in [6, 6.07) is 3.92. The van der Waals surface area contributed by atoms with E-state index >= 15 is 0 Å². The van der Waals surface area contributed by atoms with Crippen LogP contribution in [0, 0.1) is 5.92 Å². The predicted octanol–water partition coefficient (Wildman–Crippen LogP) is 3.33. The molecule has 0 radical (unpaired) electrons. The smallest absolute Gasteiger partial charge is 0.352 e. The van der Waals surface area contributed by atoms with E-state index in [0.29, 0.717) is 17.7 Å². The molecule has 1 heterocycles. The zero-order chi connectivity index (χ0) is 11.5. The van der Waals surface area contributed by atoms with E-state index < -0.39 is 5.97 Å². The molecule has 1 aliphatic rings. The van der Waals surface area contributed by atoms with Crippen LogP contribution in [0.5, 0.6) is 0 Å². The maximum atomic E-state index is 11.1. The highest BCUT2D eigenvalue weighted by molar-refractivity contribution is 5.85. The maximum absolute atomic E-state index is 11.1. The van der Waals surface area contributed by atoms with E-state index in [9.17, 15) is 4.79 Å². The lowest BCUT2D eigenvalue weighted by atomic mass is 9.82. The lowest BCUT2D eigenvalue weighted by molar-refractivity contribution is 0.0676. The van der Waals surface area contributed by atoms with Crippen molar-refractivity contribution in [3.05, 3.63) is 24.0 Å². The number of hydrogen-bond acceptors (Lipinski definition) is 1. The molecule has 1 saturated carbocycles. The Morgan fingerprint density at radius 3 is 2.94 bits per heavy atom. The van der Waals surface area contributed by atoms with E-state index in [1.807, 2.05) is 16.8 Å². The first-order valence-electron chi connectivity index (χ1n) is 6.14. The van der Waals surface area contributed by atoms with Crippen LogP contribution in [-0.4, -0.2) is 15.6 Å². The summed E-state index contributed by atoms with van der Waals surface area (Å²) in [6.45, 7) is 2.20. The highest BCUT2D eigenvalue weighted by atomic mass is 16.4. The van der Waals surface area contributed by atoms with Crippen molar-refractivity contribution in [2.24, 2.45) is 5.92 Å². The quantitative estimate of drug-likeness (QED) is 0.850. The molecule has 2 unspecified atom stereocenters. The van der Waals surface area contributed by atoms with E-state index in [1.165, 1.54) is 19.3 Å². The average molecular weight is 221 g/mol. The van der Waals surface area contributed by atoms with Crippen LogP contribution < -0.4 is 0 Å². The van der Waals surface area contributed by atoms with Crippen molar-refractivity contribution in [2.45, 2.75) is 45.1 Å². The van der Waals surface area contributed by atoms with Gasteiger partial charge in [-0.2, -0.15) is 0 Å². The molecule has 0 saturated heterocycles. The van der Waals surface area contributed by atoms with Gasteiger partial charge in [-0.3, -0.25) is 0 Å². The van der Waals surface area contributed by atoms with Crippen molar-refractivity contribution in [3.8, 4) is 0 Å². The summed E-state index contributed by atoms with van der Waals surface area (Å²) in [4.78, 5) is 11.1. The molecular weight excluding hydrogens is 202 g/mol. The number of carbonyl (C=O) groups is 1. The predicted molar refractivity (Wildman–Crippen MR) is 62.7 cm³/mol. The third kappa shape index (κ3) is 1.99. The standard InChI is InChI=1S/C13H19NO2/c1-2-10-6-3-4-7-11(10)14-9-5-8-12(14)13(15)16/h5,8-11H,2-4,6-7H2,1H3,(H,15,16). The molecule has 2 atom stereocenters. The fourth-order valence-corrected chi connectivity index (χ4v) is 2.89. The number of hydrogen-bond donors (Lipinski definition) is 1. The second-order valence-corrected chi connectivity index (χ2v) is 4.63. The van der Waals surface area contributed by atoms with Gasteiger partial charge in [-0.25, -0.2) is 4.79 Å². The van der Waals surface area contributed by atoms with E-state index in [-0.39, 0.29) is 0 Å². The minimum absolute atomic E-state index is 0.389. The largest absolute Gasteiger partial charge is 0.477 e. The average Bonchev–Trinajstić information content (AvgIpc) is 2.77. The van der Waals surface area contributed by atoms with Gasteiger partial charge in [-0.15, -0.1) is 0 Å². The summed E-state index contributed by atoms with van der Waals surface area (Å²) in [5, 5.41) is 9.12. The lowest BCUT2D eigenvalue weighted by Crippen LogP contribution is -2.24. The summed E-state index contributed by atoms with van der Waals surface area (Å²) in [5.41, 5.74) is 0.436. The van der Waals surface area contributed by atoms with Gasteiger partial charge in [0, 0.05) is 12.2 Å². The fraction of sp³-hybridized carbons (Fsp3) is 0.615. The molecule has 16 heavy (non-hydrogen) atoms. The van der Waals surface area contributed by atoms with Crippen LogP contribution in [-0.2, 0) is 0 Å². The molecule has 3 nitrogen and oxygen atoms in total. The normalized spacial score (nSPS) is 25.6. The second-order valence-electron chi connectivity index (χ2n) is 4.63. The van der Waals surface area contributed by atoms with Crippen molar-refractivity contribution in [1.82, 2.24) is 4.57 Å². The molecule has 1 fully saturated rings. The van der Waals surface area contributed by atoms with Crippen molar-refractivity contribution in [1.29, 1.82) is 0 Å². The first kappa shape index (κ1) is 11.2. The zero-order valence-electron chi connectivity index (χ0n) is 9.72. The molecule has 0 aromatic carbocycles. The Kier molecular flexibility index (Phi) is 3.32. The molecule has 0 spiro atoms. The third-order valence-corrected chi connectivity index (χ3v) is 3.75. The van der Waals surface area contributed by atoms with Crippen LogP contribution in [0.25, 0.3) is 0 Å². The van der Waals surface area contributed by atoms with Crippen LogP contribution in [0.3, 0.4) is 0 Å². The van der Waals surface area contributed by atoms with Gasteiger partial charge in [0.2, 0.25) is 0 Å². The van der Waals surface area contributed by atoms with Crippen LogP contribution in [0.1, 0.15) is 55.6 Å². The van der Waals surface area contributed by atoms with Crippen LogP contribution >= 0.6 is 0 Å². The summed E-state index contributed by atoms with van der Waals surface area (Å²) < 4.78 is 1.97. The van der Waals surface area contributed by atoms with Gasteiger partial charge in [0.1, 0.15) is 5.69 Å². The minimum Gasteiger partial charge on any atom is -0.477 e. The van der Waals surface area contributed by atoms with Crippen LogP contribution in [0.2, 0.25) is 0 Å². The maximum Gasteiger partial charge on any atom is 0.352 e. The monoisotopic (exact) mass is 221 g/mol. The molecule has 1 N–H and O–H groups in total. The van der Waals surface area contributed by atoms with Gasteiger partial charge < -0.3 is 9.67 Å². The Hall–Kier alpha value is -1.25. The summed E-state index contributed by atoms with van der Waals surface area (Å²) in [5.74, 6) is -0.176. The lowest BCUT2D eigenvalue weighted by Gasteiger charge is -2.32. The Morgan fingerprint density at radius 2 is 2.25 bits per heavy atom. The summed E-state index contributed by atoms with van der Waals surface area (Å²) in [7, 11) is 0. The topological polar surface area (TPSA) is 42.2 Å². The van der Waals surface area contributed by atoms with Gasteiger partial charge in [0.25, 0.3) is 0 Å². The SMILES string of the molecule is CCC1CCCCC1n1cccc1C(=O)O. The number of rotatable bonds is 3. The second kappa shape index (κ2) is 4.73. The molecule has 3 heteroatoms. The third-order valence-electron chi connectivity index (χ3n) is 3.75. The van der Waals surface area contributed by atoms with E-state index in [2.05, 4.69) is 6.92 Å². The highest BCUT2D eigenvalue weighted by Gasteiger charge is 2.27. The van der Waals surface area contributed by atoms with E-state index in [1.54, 1.807) is 6.07 Å². The van der Waals surface area contributed by atoms with E-state index in [0.717, 1.165) is 12.8 Å². The van der Waals surface area contributed by atoms with Gasteiger partial charge in [0.15, 0.2) is 0 Å². The molecule has 1 aliphatic carbocycles. The minimum atomic E-state index is -0.814. The van der Waals surface area contributed by atoms with Crippen molar-refractivity contribution < 1.29 is 9.90 Å². The number of aromatic nitrogens is 1. The molecule has 0 amide bonds. The van der Waals surface area contributed by atoms with Crippen LogP contribution in [0.15, 0.2) is 18.3 Å². The molecule has 1 aromatic rings. The molecular formula is C13H19NO2. The highest BCUT2D eigenvalue weighted by Crippen LogP contribution is 2.36. The van der Waals surface area contributed by atoms with Crippen LogP contribution in [0.4, 0.5) is 0 Å². The fourth-order valence-electron chi connectivity index (χ4n) is 2.89. The number of carboxylic acids is 1. The Bertz CT molecular complexity index is 370. The molecule has 2 rings (SSSR count). The first-order valence-corrected chi connectivity index (χ1v) is 6.14. The summed E-state index contributed by atoms with van der Waals surface area (Å²) in [6.07, 6.45) is 7.92. The van der Waals surface area contributed by atoms with Crippen molar-refractivity contribution in [3.63, 3.8) is 0 Å². The Morgan fingerprint density at radius 1 is 1.50 bits per heavy atom. The number of aromatic carboxylic acids is 1. The summed E-state index contributed by atoms with van der Waals surface area (Å²) >= 11 is 0.